The molecule has 1 saturated carbocycles. The minimum atomic E-state index is -3.64. The van der Waals surface area contributed by atoms with E-state index in [0.29, 0.717) is 42.7 Å². The summed E-state index contributed by atoms with van der Waals surface area (Å²) in [5, 5.41) is 2.87. The van der Waals surface area contributed by atoms with Crippen molar-refractivity contribution in [2.75, 3.05) is 18.4 Å². The van der Waals surface area contributed by atoms with Crippen LogP contribution in [0.15, 0.2) is 47.4 Å². The van der Waals surface area contributed by atoms with Gasteiger partial charge in [-0.25, -0.2) is 12.8 Å². The van der Waals surface area contributed by atoms with E-state index < -0.39 is 15.4 Å². The Kier molecular flexibility index (Phi) is 6.10. The average molecular weight is 419 g/mol. The smallest absolute Gasteiger partial charge is 0.243 e. The van der Waals surface area contributed by atoms with Crippen molar-refractivity contribution in [3.8, 4) is 0 Å². The van der Waals surface area contributed by atoms with E-state index in [1.165, 1.54) is 22.5 Å². The minimum absolute atomic E-state index is 0.187. The highest BCUT2D eigenvalue weighted by molar-refractivity contribution is 7.89. The van der Waals surface area contributed by atoms with Crippen molar-refractivity contribution < 1.29 is 17.6 Å². The molecule has 0 saturated heterocycles. The van der Waals surface area contributed by atoms with E-state index in [-0.39, 0.29) is 16.6 Å². The van der Waals surface area contributed by atoms with Crippen LogP contribution in [0.3, 0.4) is 0 Å². The number of halogens is 1. The number of nitrogens with one attached hydrogen (secondary N) is 1. The van der Waals surface area contributed by atoms with Gasteiger partial charge in [0, 0.05) is 18.8 Å². The first-order valence-corrected chi connectivity index (χ1v) is 11.4. The van der Waals surface area contributed by atoms with Crippen molar-refractivity contribution in [2.45, 2.75) is 50.3 Å². The van der Waals surface area contributed by atoms with Crippen LogP contribution in [0.25, 0.3) is 0 Å². The molecule has 0 aliphatic heterocycles. The molecule has 2 aromatic carbocycles. The Morgan fingerprint density at radius 1 is 1.14 bits per heavy atom. The van der Waals surface area contributed by atoms with Gasteiger partial charge in [-0.15, -0.1) is 0 Å². The highest BCUT2D eigenvalue weighted by atomic mass is 32.2. The molecule has 1 fully saturated rings. The summed E-state index contributed by atoms with van der Waals surface area (Å²) in [7, 11) is -3.64. The number of amides is 1. The van der Waals surface area contributed by atoms with Gasteiger partial charge in [0.25, 0.3) is 0 Å². The summed E-state index contributed by atoms with van der Waals surface area (Å²) in [6.07, 6.45) is 2.16. The number of carbonyl (C=O) groups excluding carboxylic acids is 1. The molecule has 7 heteroatoms. The molecular weight excluding hydrogens is 391 g/mol. The minimum Gasteiger partial charge on any atom is -0.325 e. The largest absolute Gasteiger partial charge is 0.325 e. The molecule has 1 aliphatic carbocycles. The fraction of sp³-hybridized carbons (Fsp3) is 0.409. The van der Waals surface area contributed by atoms with Crippen LogP contribution in [0.4, 0.5) is 10.1 Å². The molecule has 0 aromatic heterocycles. The van der Waals surface area contributed by atoms with Gasteiger partial charge in [0.1, 0.15) is 5.82 Å². The van der Waals surface area contributed by atoms with Crippen LogP contribution < -0.4 is 5.32 Å². The van der Waals surface area contributed by atoms with E-state index in [2.05, 4.69) is 5.32 Å². The first kappa shape index (κ1) is 21.5. The lowest BCUT2D eigenvalue weighted by molar-refractivity contribution is -0.124. The van der Waals surface area contributed by atoms with E-state index in [1.54, 1.807) is 45.0 Å². The quantitative estimate of drug-likeness (QED) is 0.732. The van der Waals surface area contributed by atoms with E-state index in [9.17, 15) is 17.6 Å². The third-order valence-electron chi connectivity index (χ3n) is 5.79. The first-order chi connectivity index (χ1) is 13.7. The van der Waals surface area contributed by atoms with Crippen molar-refractivity contribution in [1.29, 1.82) is 0 Å². The molecule has 0 heterocycles. The summed E-state index contributed by atoms with van der Waals surface area (Å²) >= 11 is 0. The predicted octanol–water partition coefficient (Wildman–Crippen LogP) is 4.23. The summed E-state index contributed by atoms with van der Waals surface area (Å²) in [5.74, 6) is -0.603. The second-order valence-electron chi connectivity index (χ2n) is 7.47. The number of sulfonamides is 1. The number of carbonyl (C=O) groups is 1. The van der Waals surface area contributed by atoms with Gasteiger partial charge in [-0.05, 0) is 55.2 Å². The lowest BCUT2D eigenvalue weighted by Crippen LogP contribution is -2.46. The first-order valence-electron chi connectivity index (χ1n) is 9.93. The molecule has 1 aliphatic rings. The third kappa shape index (κ3) is 3.94. The van der Waals surface area contributed by atoms with E-state index in [1.807, 2.05) is 0 Å². The van der Waals surface area contributed by atoms with Crippen LogP contribution in [0, 0.1) is 12.7 Å². The predicted molar refractivity (Wildman–Crippen MR) is 112 cm³/mol. The van der Waals surface area contributed by atoms with Crippen LogP contribution in [-0.2, 0) is 20.2 Å². The van der Waals surface area contributed by atoms with Gasteiger partial charge >= 0.3 is 0 Å². The summed E-state index contributed by atoms with van der Waals surface area (Å²) < 4.78 is 41.0. The number of hydrogen-bond acceptors (Lipinski definition) is 3. The molecule has 156 valence electrons. The fourth-order valence-electron chi connectivity index (χ4n) is 3.87. The average Bonchev–Trinajstić information content (AvgIpc) is 2.63. The summed E-state index contributed by atoms with van der Waals surface area (Å²) in [5.41, 5.74) is 0.932. The number of nitrogens with zero attached hydrogens (tertiary/aromatic N) is 1. The summed E-state index contributed by atoms with van der Waals surface area (Å²) in [6.45, 7) is 6.07. The van der Waals surface area contributed by atoms with E-state index in [0.717, 1.165) is 6.42 Å². The Bertz CT molecular complexity index is 1010. The molecule has 1 N–H and O–H groups in total. The Morgan fingerprint density at radius 3 is 2.38 bits per heavy atom. The molecule has 0 bridgehead atoms. The van der Waals surface area contributed by atoms with Crippen molar-refractivity contribution in [3.63, 3.8) is 0 Å². The van der Waals surface area contributed by atoms with E-state index >= 15 is 0 Å². The number of anilines is 1. The fourth-order valence-corrected chi connectivity index (χ4v) is 5.58. The van der Waals surface area contributed by atoms with Crippen LogP contribution in [0.5, 0.6) is 0 Å². The van der Waals surface area contributed by atoms with Gasteiger partial charge in [0.05, 0.1) is 10.3 Å². The second kappa shape index (κ2) is 8.24. The SMILES string of the molecule is CCN(CC)S(=O)(=O)c1cc(NC(=O)C2(c3cccc(F)c3)CCC2)ccc1C. The standard InChI is InChI=1S/C22H27FN2O3S/c1-4-25(5-2)29(27,28)20-15-19(11-10-16(20)3)24-21(26)22(12-7-13-22)17-8-6-9-18(23)14-17/h6,8-11,14-15H,4-5,7,12-13H2,1-3H3,(H,24,26). The number of hydrogen-bond donors (Lipinski definition) is 1. The monoisotopic (exact) mass is 418 g/mol. The van der Waals surface area contributed by atoms with Crippen LogP contribution in [0.2, 0.25) is 0 Å². The molecule has 1 amide bonds. The Balaban J connectivity index is 1.92. The molecule has 5 nitrogen and oxygen atoms in total. The topological polar surface area (TPSA) is 66.5 Å². The normalized spacial score (nSPS) is 15.8. The summed E-state index contributed by atoms with van der Waals surface area (Å²) in [6, 6.07) is 11.1. The lowest BCUT2D eigenvalue weighted by Gasteiger charge is -2.40. The molecule has 0 spiro atoms. The third-order valence-corrected chi connectivity index (χ3v) is 7.98. The van der Waals surface area contributed by atoms with Gasteiger partial charge < -0.3 is 5.32 Å². The van der Waals surface area contributed by atoms with Gasteiger partial charge in [-0.3, -0.25) is 4.79 Å². The maximum Gasteiger partial charge on any atom is 0.243 e. The number of aryl methyl sites for hydroxylation is 1. The zero-order valence-electron chi connectivity index (χ0n) is 17.0. The highest BCUT2D eigenvalue weighted by Crippen LogP contribution is 2.44. The van der Waals surface area contributed by atoms with Crippen LogP contribution in [0.1, 0.15) is 44.2 Å². The van der Waals surface area contributed by atoms with Crippen LogP contribution in [-0.4, -0.2) is 31.7 Å². The molecule has 29 heavy (non-hydrogen) atoms. The number of benzene rings is 2. The Hall–Kier alpha value is -2.25. The zero-order valence-corrected chi connectivity index (χ0v) is 17.9. The Labute approximate surface area is 172 Å². The van der Waals surface area contributed by atoms with Crippen molar-refractivity contribution >= 4 is 21.6 Å². The second-order valence-corrected chi connectivity index (χ2v) is 9.38. The van der Waals surface area contributed by atoms with Crippen molar-refractivity contribution in [1.82, 2.24) is 4.31 Å². The van der Waals surface area contributed by atoms with Gasteiger partial charge in [-0.2, -0.15) is 4.31 Å². The molecule has 3 rings (SSSR count). The maximum atomic E-state index is 13.7. The molecular formula is C22H27FN2O3S. The zero-order chi connectivity index (χ0) is 21.2. The molecule has 0 radical (unpaired) electrons. The molecule has 2 aromatic rings. The van der Waals surface area contributed by atoms with Gasteiger partial charge in [0.2, 0.25) is 15.9 Å². The van der Waals surface area contributed by atoms with Crippen molar-refractivity contribution in [3.05, 3.63) is 59.4 Å². The maximum absolute atomic E-state index is 13.7. The highest BCUT2D eigenvalue weighted by Gasteiger charge is 2.45. The summed E-state index contributed by atoms with van der Waals surface area (Å²) in [4.78, 5) is 13.3. The van der Waals surface area contributed by atoms with E-state index in [4.69, 9.17) is 0 Å². The van der Waals surface area contributed by atoms with Crippen LogP contribution >= 0.6 is 0 Å². The van der Waals surface area contributed by atoms with Gasteiger partial charge in [0.15, 0.2) is 0 Å². The Morgan fingerprint density at radius 2 is 1.83 bits per heavy atom. The van der Waals surface area contributed by atoms with Crippen molar-refractivity contribution in [2.24, 2.45) is 0 Å². The molecule has 0 atom stereocenters. The lowest BCUT2D eigenvalue weighted by atomic mass is 9.63. The number of rotatable bonds is 7. The molecule has 0 unspecified atom stereocenters. The van der Waals surface area contributed by atoms with Gasteiger partial charge in [-0.1, -0.05) is 38.5 Å².